The summed E-state index contributed by atoms with van der Waals surface area (Å²) in [6.07, 6.45) is 26.6. The number of piperidine rings is 4. The average Bonchev–Trinajstić information content (AvgIpc) is 1.63. The highest BCUT2D eigenvalue weighted by atomic mass is 16.6. The molecular formula is C109H149N25O15. The molecule has 0 bridgehead atoms. The van der Waals surface area contributed by atoms with E-state index in [1.54, 1.807) is 73.3 Å². The molecule has 0 radical (unpaired) electrons. The maximum absolute atomic E-state index is 13.2. The SMILES string of the molecule is CC[C@@H](C)CC(=O)c1cc(N2CC[C@H](c3[nH]nc4nccc(OC)c34)[C@@H](C)C2)nc(O[C@H](C)COC)n1.COC[C@@H](C)Oc1nc(C(=O)NC(C)C(C)(C)N)cc(N2CCC(C3=CCc4nccc(OC)c43)CC2)n1.COC[C@@H](C)Oc1nc(C(=O)NC2CCC2C)cc(N2CCC(C3=NCc4nccc(OC)c43)CC2)n1.N[C@@H]1CCC[C@H]1NC(=O)c1cc(N2CCC(c3c[nH]c4ncccc34)CC2)nc(OC[C@H]2CCCO2)n1. The van der Waals surface area contributed by atoms with Gasteiger partial charge in [-0.05, 0) is 202 Å². The highest BCUT2D eigenvalue weighted by molar-refractivity contribution is 6.07. The van der Waals surface area contributed by atoms with E-state index in [1.807, 2.05) is 84.3 Å². The number of fused-ring (bicyclic) bond motifs is 4. The molecule has 12 atom stereocenters. The molecule has 40 nitrogen and oxygen atoms in total. The van der Waals surface area contributed by atoms with E-state index in [0.717, 1.165) is 230 Å². The highest BCUT2D eigenvalue weighted by Crippen LogP contribution is 2.45. The van der Waals surface area contributed by atoms with E-state index in [9.17, 15) is 19.2 Å². The Kier molecular flexibility index (Phi) is 36.9. The number of aromatic amines is 2. The first kappa shape index (κ1) is 109. The Morgan fingerprint density at radius 3 is 1.64 bits per heavy atom. The number of methoxy groups -OCH3 is 6. The van der Waals surface area contributed by atoms with Crippen LogP contribution in [0.5, 0.6) is 41.3 Å². The van der Waals surface area contributed by atoms with Crippen molar-refractivity contribution in [1.29, 1.82) is 0 Å². The second-order valence-corrected chi connectivity index (χ2v) is 41.5. The predicted molar refractivity (Wildman–Crippen MR) is 568 cm³/mol. The van der Waals surface area contributed by atoms with Crippen molar-refractivity contribution in [3.63, 3.8) is 0 Å². The number of nitrogens with one attached hydrogen (secondary N) is 5. The summed E-state index contributed by atoms with van der Waals surface area (Å²) in [7, 11) is 9.92. The van der Waals surface area contributed by atoms with Gasteiger partial charge in [0.25, 0.3) is 17.7 Å². The predicted octanol–water partition coefficient (Wildman–Crippen LogP) is 13.4. The van der Waals surface area contributed by atoms with E-state index >= 15 is 0 Å². The van der Waals surface area contributed by atoms with Crippen LogP contribution >= 0.6 is 0 Å². The Morgan fingerprint density at radius 1 is 0.550 bits per heavy atom. The smallest absolute Gasteiger partial charge is 0.319 e. The second kappa shape index (κ2) is 50.5. The van der Waals surface area contributed by atoms with Crippen LogP contribution in [0.3, 0.4) is 0 Å². The number of carbonyl (C=O) groups excluding carboxylic acids is 4. The van der Waals surface area contributed by atoms with Gasteiger partial charge in [-0.15, -0.1) is 0 Å². The van der Waals surface area contributed by atoms with Crippen LogP contribution in [0.15, 0.2) is 96.6 Å². The lowest BCUT2D eigenvalue weighted by Gasteiger charge is -2.37. The van der Waals surface area contributed by atoms with Crippen LogP contribution in [0.1, 0.15) is 260 Å². The van der Waals surface area contributed by atoms with E-state index in [0.29, 0.717) is 103 Å². The molecule has 9 N–H and O–H groups in total. The number of carbonyl (C=O) groups is 4. The number of nitrogens with zero attached hydrogens (tertiary/aromatic N) is 18. The van der Waals surface area contributed by atoms with Crippen LogP contribution in [0.4, 0.5) is 23.3 Å². The number of nitrogens with two attached hydrogens (primary N) is 2. The summed E-state index contributed by atoms with van der Waals surface area (Å²) in [6, 6.07) is 17.6. The van der Waals surface area contributed by atoms with Gasteiger partial charge in [-0.25, -0.2) is 9.97 Å². The lowest BCUT2D eigenvalue weighted by Crippen LogP contribution is -2.53. The quantitative estimate of drug-likeness (QED) is 0.0178. The van der Waals surface area contributed by atoms with Crippen molar-refractivity contribution < 1.29 is 71.3 Å². The van der Waals surface area contributed by atoms with E-state index in [1.165, 1.54) is 16.5 Å². The summed E-state index contributed by atoms with van der Waals surface area (Å²) in [5, 5.41) is 18.9. The van der Waals surface area contributed by atoms with Gasteiger partial charge in [0, 0.05) is 201 Å². The number of H-pyrrole nitrogens is 2. The molecule has 7 fully saturated rings. The number of amides is 3. The highest BCUT2D eigenvalue weighted by Gasteiger charge is 2.39. The molecule has 2 saturated carbocycles. The van der Waals surface area contributed by atoms with E-state index < -0.39 is 5.54 Å². The van der Waals surface area contributed by atoms with Gasteiger partial charge < -0.3 is 104 Å². The maximum Gasteiger partial charge on any atom is 0.319 e. The van der Waals surface area contributed by atoms with Crippen LogP contribution in [0.2, 0.25) is 0 Å². The zero-order valence-electron chi connectivity index (χ0n) is 89.1. The molecule has 3 aliphatic carbocycles. The summed E-state index contributed by atoms with van der Waals surface area (Å²) in [5.41, 5.74) is 23.7. The normalized spacial score (nSPS) is 20.9. The minimum absolute atomic E-state index is 0.00806. The molecule has 9 aliphatic rings. The minimum Gasteiger partial charge on any atom is -0.496 e. The topological polar surface area (TPSA) is 482 Å². The molecule has 16 heterocycles. The first-order valence-corrected chi connectivity index (χ1v) is 52.9. The molecule has 10 aromatic heterocycles. The van der Waals surface area contributed by atoms with Crippen molar-refractivity contribution in [3.8, 4) is 41.3 Å². The van der Waals surface area contributed by atoms with Crippen molar-refractivity contribution in [2.24, 2.45) is 46.0 Å². The number of rotatable bonds is 37. The number of Topliss-reactive ketones (excluding diaryl/α,β-unsaturated/α-hetero) is 1. The second-order valence-electron chi connectivity index (χ2n) is 41.5. The number of aliphatic imine (C=N–C) groups is 1. The molecule has 0 spiro atoms. The summed E-state index contributed by atoms with van der Waals surface area (Å²) < 4.78 is 61.8. The molecule has 6 aliphatic heterocycles. The standard InChI is InChI=1S/C28H40N6O4.C27H35N7O3.C27H36N6O4.C27H38N6O4/c1-17(16-36-5)38-27-32-22(26(35)31-18(2)28(3,4)29)15-24(33-27)34-13-10-19(11-14-34)20-7-8-21-25(20)23(37-6)9-12-30-21;28-21-6-1-7-22(21)31-26(35)23-14-24(33-27(32-23)37-16-18-4-3-13-36-18)34-11-8-17(9-12-34)20-15-30-25-19(20)5-2-10-29-25;1-16-5-6-19(16)30-26(34)20-13-23(32-27(31-20)37-17(2)15-35-3)33-11-8-18(9-12-33)25-24-21(14-29-25)28-10-7-22(24)36-4;1-7-16(2)12-21(34)20-13-23(30-27(29-20)37-18(4)15-35-5)33-11-9-19(17(3)14-33)25-24-22(36-6)8-10-28-26(24)32-31-25/h7,9,12,15,17-19H,8,10-11,13-14,16,29H2,1-6H3,(H,31,35);2,5,10,14-15,17-18,21-22H,1,3-4,6-9,11-13,16,28H2,(H,29,30)(H,31,35);7,10,13,16-19H,5-6,8-9,11-12,14-15H2,1-4H3,(H,30,34);8,10,13,16-19H,7,9,11-12,14-15H2,1-6H3,(H,28,31,32)/t17-,18?;18-,21-,22-;16?,17-,19?;16-,17+,18-,19+/m1111/s1. The van der Waals surface area contributed by atoms with Crippen LogP contribution in [0.25, 0.3) is 27.6 Å². The molecular weight excluding hydrogens is 1900 g/mol. The Bertz CT molecular complexity index is 6270. The van der Waals surface area contributed by atoms with Gasteiger partial charge in [-0.3, -0.25) is 39.2 Å². The van der Waals surface area contributed by atoms with Crippen molar-refractivity contribution in [3.05, 3.63) is 148 Å². The van der Waals surface area contributed by atoms with Gasteiger partial charge in [-0.1, -0.05) is 40.2 Å². The Hall–Kier alpha value is -13.0. The summed E-state index contributed by atoms with van der Waals surface area (Å²) >= 11 is 0. The van der Waals surface area contributed by atoms with Crippen molar-refractivity contribution in [2.45, 2.75) is 251 Å². The van der Waals surface area contributed by atoms with E-state index in [2.05, 4.69) is 147 Å². The Morgan fingerprint density at radius 2 is 1.09 bits per heavy atom. The van der Waals surface area contributed by atoms with Gasteiger partial charge >= 0.3 is 24.0 Å². The molecule has 19 rings (SSSR count). The van der Waals surface area contributed by atoms with Gasteiger partial charge in [-0.2, -0.15) is 45.0 Å². The Labute approximate surface area is 871 Å². The number of ketones is 1. The lowest BCUT2D eigenvalue weighted by molar-refractivity contribution is 0.0643. The zero-order valence-corrected chi connectivity index (χ0v) is 89.1. The van der Waals surface area contributed by atoms with Crippen molar-refractivity contribution in [1.82, 2.24) is 90.9 Å². The molecule has 10 aromatic rings. The van der Waals surface area contributed by atoms with E-state index in [-0.39, 0.29) is 120 Å². The van der Waals surface area contributed by atoms with E-state index in [4.69, 9.17) is 78.5 Å². The van der Waals surface area contributed by atoms with Crippen LogP contribution < -0.4 is 80.2 Å². The van der Waals surface area contributed by atoms with Gasteiger partial charge in [0.15, 0.2) is 11.4 Å². The molecule has 0 aromatic carbocycles. The fourth-order valence-electron chi connectivity index (χ4n) is 21.0. The number of hydrogen-bond acceptors (Lipinski definition) is 35. The number of ether oxygens (including phenoxy) is 11. The third-order valence-electron chi connectivity index (χ3n) is 30.2. The zero-order chi connectivity index (χ0) is 105. The minimum atomic E-state index is -0.578. The molecule has 800 valence electrons. The Balaban J connectivity index is 0.000000142. The molecule has 40 heteroatoms. The maximum atomic E-state index is 13.2. The number of anilines is 4. The van der Waals surface area contributed by atoms with Gasteiger partial charge in [0.1, 0.15) is 93.9 Å². The lowest BCUT2D eigenvalue weighted by atomic mass is 9.81. The van der Waals surface area contributed by atoms with Crippen LogP contribution in [-0.2, 0) is 31.9 Å². The fraction of sp³-hybridized carbons (Fsp3) is 0.578. The number of pyridine rings is 4. The molecule has 3 unspecified atom stereocenters. The third-order valence-corrected chi connectivity index (χ3v) is 30.2. The van der Waals surface area contributed by atoms with Crippen LogP contribution in [0, 0.1) is 29.6 Å². The first-order valence-electron chi connectivity index (χ1n) is 52.9. The van der Waals surface area contributed by atoms with Crippen molar-refractivity contribution >= 4 is 80.1 Å². The number of aromatic nitrogens is 15. The van der Waals surface area contributed by atoms with Crippen LogP contribution in [-0.4, -0.2) is 286 Å². The first-order chi connectivity index (χ1) is 72.0. The monoisotopic (exact) mass is 2050 g/mol. The van der Waals surface area contributed by atoms with Gasteiger partial charge in [0.2, 0.25) is 0 Å². The number of hydrogen-bond donors (Lipinski definition) is 7. The number of allylic oxidation sites excluding steroid dienone is 2. The largest absolute Gasteiger partial charge is 0.496 e. The van der Waals surface area contributed by atoms with Crippen molar-refractivity contribution in [2.75, 3.05) is 148 Å². The summed E-state index contributed by atoms with van der Waals surface area (Å²) in [5.74, 6) is 7.05. The fourth-order valence-corrected chi connectivity index (χ4v) is 21.0. The summed E-state index contributed by atoms with van der Waals surface area (Å²) in [6.45, 7) is 29.1. The molecule has 149 heavy (non-hydrogen) atoms. The van der Waals surface area contributed by atoms with Gasteiger partial charge in [0.05, 0.1) is 87.5 Å². The third kappa shape index (κ3) is 27.1. The average molecular weight is 2050 g/mol. The summed E-state index contributed by atoms with van der Waals surface area (Å²) in [4.78, 5) is 124. The molecule has 3 amide bonds. The molecule has 5 saturated heterocycles.